The van der Waals surface area contributed by atoms with Crippen molar-refractivity contribution in [2.75, 3.05) is 0 Å². The van der Waals surface area contributed by atoms with Crippen molar-refractivity contribution in [3.63, 3.8) is 0 Å². The number of hydrogen-bond acceptors (Lipinski definition) is 2. The standard InChI is InChI=1S/C11H13NOS/c1-9(2)11(8-12)14(13)10-6-4-3-5-7-10/h3-7,9,11H,1-2H3. The fourth-order valence-corrected chi connectivity index (χ4v) is 2.45. The highest BCUT2D eigenvalue weighted by atomic mass is 32.2. The van der Waals surface area contributed by atoms with E-state index < -0.39 is 16.0 Å². The van der Waals surface area contributed by atoms with Crippen LogP contribution in [0.2, 0.25) is 0 Å². The first-order valence-electron chi connectivity index (χ1n) is 4.52. The van der Waals surface area contributed by atoms with Gasteiger partial charge in [0.1, 0.15) is 5.25 Å². The molecular weight excluding hydrogens is 194 g/mol. The van der Waals surface area contributed by atoms with E-state index in [4.69, 9.17) is 5.26 Å². The van der Waals surface area contributed by atoms with Crippen molar-refractivity contribution >= 4 is 10.8 Å². The molecule has 74 valence electrons. The minimum Gasteiger partial charge on any atom is -0.253 e. The molecule has 1 rings (SSSR count). The number of benzene rings is 1. The molecule has 0 bridgehead atoms. The van der Waals surface area contributed by atoms with E-state index in [1.165, 1.54) is 0 Å². The number of nitrogens with zero attached hydrogens (tertiary/aromatic N) is 1. The molecule has 0 aliphatic heterocycles. The maximum absolute atomic E-state index is 11.9. The van der Waals surface area contributed by atoms with Crippen LogP contribution in [0.5, 0.6) is 0 Å². The van der Waals surface area contributed by atoms with Gasteiger partial charge in [-0.25, -0.2) is 0 Å². The molecule has 0 saturated heterocycles. The minimum atomic E-state index is -1.21. The van der Waals surface area contributed by atoms with E-state index >= 15 is 0 Å². The molecule has 0 N–H and O–H groups in total. The maximum atomic E-state index is 11.9. The molecule has 14 heavy (non-hydrogen) atoms. The lowest BCUT2D eigenvalue weighted by Gasteiger charge is -2.12. The zero-order valence-electron chi connectivity index (χ0n) is 8.31. The lowest BCUT2D eigenvalue weighted by atomic mass is 10.1. The highest BCUT2D eigenvalue weighted by Crippen LogP contribution is 2.16. The lowest BCUT2D eigenvalue weighted by molar-refractivity contribution is 0.635. The minimum absolute atomic E-state index is 0.112. The molecule has 0 fully saturated rings. The summed E-state index contributed by atoms with van der Waals surface area (Å²) in [5, 5.41) is 8.47. The second-order valence-electron chi connectivity index (χ2n) is 3.40. The van der Waals surface area contributed by atoms with E-state index in [0.29, 0.717) is 0 Å². The van der Waals surface area contributed by atoms with E-state index in [9.17, 15) is 4.21 Å². The summed E-state index contributed by atoms with van der Waals surface area (Å²) in [7, 11) is -1.21. The number of rotatable bonds is 3. The van der Waals surface area contributed by atoms with Gasteiger partial charge in [0.05, 0.1) is 16.9 Å². The molecule has 0 spiro atoms. The quantitative estimate of drug-likeness (QED) is 0.763. The van der Waals surface area contributed by atoms with Gasteiger partial charge in [-0.1, -0.05) is 32.0 Å². The first-order chi connectivity index (χ1) is 6.66. The Bertz CT molecular complexity index is 353. The van der Waals surface area contributed by atoms with Crippen LogP contribution in [0, 0.1) is 17.2 Å². The van der Waals surface area contributed by atoms with E-state index in [0.717, 1.165) is 4.90 Å². The van der Waals surface area contributed by atoms with Crippen LogP contribution in [0.3, 0.4) is 0 Å². The first-order valence-corrected chi connectivity index (χ1v) is 5.73. The van der Waals surface area contributed by atoms with Gasteiger partial charge in [0.15, 0.2) is 0 Å². The fraction of sp³-hybridized carbons (Fsp3) is 0.364. The molecule has 0 saturated carbocycles. The molecule has 0 aliphatic rings. The second kappa shape index (κ2) is 4.92. The highest BCUT2D eigenvalue weighted by molar-refractivity contribution is 7.86. The molecule has 0 aromatic heterocycles. The van der Waals surface area contributed by atoms with Crippen LogP contribution in [-0.2, 0) is 10.8 Å². The van der Waals surface area contributed by atoms with Crippen molar-refractivity contribution in [1.29, 1.82) is 5.26 Å². The summed E-state index contributed by atoms with van der Waals surface area (Å²) in [5.41, 5.74) is 0. The molecule has 2 nitrogen and oxygen atoms in total. The molecule has 0 heterocycles. The van der Waals surface area contributed by atoms with Gasteiger partial charge in [0.25, 0.3) is 0 Å². The predicted molar refractivity (Wildman–Crippen MR) is 57.1 cm³/mol. The van der Waals surface area contributed by atoms with Crippen LogP contribution < -0.4 is 0 Å². The van der Waals surface area contributed by atoms with Crippen molar-refractivity contribution in [2.24, 2.45) is 5.92 Å². The van der Waals surface area contributed by atoms with Crippen molar-refractivity contribution in [3.05, 3.63) is 30.3 Å². The third-order valence-electron chi connectivity index (χ3n) is 1.94. The van der Waals surface area contributed by atoms with Crippen molar-refractivity contribution in [1.82, 2.24) is 0 Å². The largest absolute Gasteiger partial charge is 0.253 e. The third-order valence-corrected chi connectivity index (χ3v) is 3.79. The number of nitriles is 1. The van der Waals surface area contributed by atoms with Gasteiger partial charge in [-0.05, 0) is 18.1 Å². The smallest absolute Gasteiger partial charge is 0.128 e. The molecule has 0 aliphatic carbocycles. The van der Waals surface area contributed by atoms with Crippen LogP contribution in [0.25, 0.3) is 0 Å². The Labute approximate surface area is 87.0 Å². The van der Waals surface area contributed by atoms with Gasteiger partial charge in [-0.2, -0.15) is 5.26 Å². The van der Waals surface area contributed by atoms with E-state index in [-0.39, 0.29) is 5.92 Å². The van der Waals surface area contributed by atoms with E-state index in [2.05, 4.69) is 6.07 Å². The summed E-state index contributed by atoms with van der Waals surface area (Å²) in [4.78, 5) is 0.729. The topological polar surface area (TPSA) is 40.9 Å². The summed E-state index contributed by atoms with van der Waals surface area (Å²) < 4.78 is 11.9. The molecule has 0 radical (unpaired) electrons. The van der Waals surface area contributed by atoms with Crippen LogP contribution in [0.15, 0.2) is 35.2 Å². The van der Waals surface area contributed by atoms with Gasteiger partial charge < -0.3 is 0 Å². The van der Waals surface area contributed by atoms with Gasteiger partial charge in [0.2, 0.25) is 0 Å². The van der Waals surface area contributed by atoms with Crippen LogP contribution in [0.1, 0.15) is 13.8 Å². The molecule has 1 aromatic rings. The Morgan fingerprint density at radius 1 is 1.29 bits per heavy atom. The Morgan fingerprint density at radius 3 is 2.29 bits per heavy atom. The van der Waals surface area contributed by atoms with Crippen molar-refractivity contribution in [2.45, 2.75) is 24.0 Å². The Balaban J connectivity index is 2.91. The lowest BCUT2D eigenvalue weighted by Crippen LogP contribution is -2.19. The van der Waals surface area contributed by atoms with Gasteiger partial charge in [0, 0.05) is 4.90 Å². The van der Waals surface area contributed by atoms with Crippen LogP contribution >= 0.6 is 0 Å². The maximum Gasteiger partial charge on any atom is 0.128 e. The average Bonchev–Trinajstić information content (AvgIpc) is 2.19. The highest BCUT2D eigenvalue weighted by Gasteiger charge is 2.20. The Morgan fingerprint density at radius 2 is 1.86 bits per heavy atom. The zero-order valence-corrected chi connectivity index (χ0v) is 9.12. The summed E-state index contributed by atoms with van der Waals surface area (Å²) in [6.45, 7) is 3.82. The van der Waals surface area contributed by atoms with Gasteiger partial charge in [-0.3, -0.25) is 4.21 Å². The van der Waals surface area contributed by atoms with Gasteiger partial charge >= 0.3 is 0 Å². The SMILES string of the molecule is CC(C)C(C#N)S(=O)c1ccccc1. The molecular formula is C11H13NOS. The van der Waals surface area contributed by atoms with E-state index in [1.54, 1.807) is 12.1 Å². The monoisotopic (exact) mass is 207 g/mol. The van der Waals surface area contributed by atoms with Crippen LogP contribution in [0.4, 0.5) is 0 Å². The molecule has 0 amide bonds. The summed E-state index contributed by atoms with van der Waals surface area (Å²) in [6, 6.07) is 11.2. The number of hydrogen-bond donors (Lipinski definition) is 0. The zero-order chi connectivity index (χ0) is 10.6. The second-order valence-corrected chi connectivity index (χ2v) is 4.98. The normalized spacial score (nSPS) is 14.7. The molecule has 2 unspecified atom stereocenters. The van der Waals surface area contributed by atoms with Gasteiger partial charge in [-0.15, -0.1) is 0 Å². The summed E-state index contributed by atoms with van der Waals surface area (Å²) in [5.74, 6) is 0.112. The van der Waals surface area contributed by atoms with Crippen molar-refractivity contribution < 1.29 is 4.21 Å². The Kier molecular flexibility index (Phi) is 3.84. The third kappa shape index (κ3) is 2.43. The van der Waals surface area contributed by atoms with Crippen LogP contribution in [-0.4, -0.2) is 9.46 Å². The predicted octanol–water partition coefficient (Wildman–Crippen LogP) is 2.34. The van der Waals surface area contributed by atoms with Crippen molar-refractivity contribution in [3.8, 4) is 6.07 Å². The summed E-state index contributed by atoms with van der Waals surface area (Å²) in [6.07, 6.45) is 0. The fourth-order valence-electron chi connectivity index (χ4n) is 1.15. The molecule has 2 atom stereocenters. The first kappa shape index (κ1) is 10.9. The Hall–Kier alpha value is -1.14. The van der Waals surface area contributed by atoms with E-state index in [1.807, 2.05) is 32.0 Å². The average molecular weight is 207 g/mol. The summed E-state index contributed by atoms with van der Waals surface area (Å²) >= 11 is 0. The molecule has 1 aromatic carbocycles. The molecule has 3 heteroatoms.